The predicted molar refractivity (Wildman–Crippen MR) is 56.2 cm³/mol. The highest BCUT2D eigenvalue weighted by molar-refractivity contribution is 5.83. The largest absolute Gasteiger partial charge is 0.393 e. The topological polar surface area (TPSA) is 84.6 Å². The molecule has 1 rings (SSSR count). The fourth-order valence-electron chi connectivity index (χ4n) is 1.52. The van der Waals surface area contributed by atoms with Gasteiger partial charge in [-0.1, -0.05) is 0 Å². The summed E-state index contributed by atoms with van der Waals surface area (Å²) in [5.41, 5.74) is 5.18. The van der Waals surface area contributed by atoms with Gasteiger partial charge in [-0.3, -0.25) is 4.79 Å². The van der Waals surface area contributed by atoms with E-state index in [1.807, 2.05) is 6.92 Å². The molecule has 4 N–H and O–H groups in total. The average molecular weight is 216 g/mol. The van der Waals surface area contributed by atoms with Gasteiger partial charge >= 0.3 is 0 Å². The second-order valence-electron chi connectivity index (χ2n) is 4.43. The molecule has 3 atom stereocenters. The fourth-order valence-corrected chi connectivity index (χ4v) is 1.52. The summed E-state index contributed by atoms with van der Waals surface area (Å²) in [6.07, 6.45) is 0.157. The van der Waals surface area contributed by atoms with E-state index in [1.165, 1.54) is 0 Å². The maximum Gasteiger partial charge on any atom is 0.229 e. The molecule has 0 spiro atoms. The number of carbonyl (C=O) groups excluding carboxylic acids is 1. The molecule has 1 amide bonds. The van der Waals surface area contributed by atoms with Crippen LogP contribution in [-0.2, 0) is 9.53 Å². The maximum absolute atomic E-state index is 11.8. The lowest BCUT2D eigenvalue weighted by Crippen LogP contribution is -2.50. The van der Waals surface area contributed by atoms with Crippen molar-refractivity contribution >= 4 is 5.91 Å². The van der Waals surface area contributed by atoms with Crippen molar-refractivity contribution in [1.29, 1.82) is 0 Å². The number of aliphatic hydroxyl groups is 1. The van der Waals surface area contributed by atoms with Gasteiger partial charge in [0.15, 0.2) is 0 Å². The van der Waals surface area contributed by atoms with Crippen molar-refractivity contribution < 1.29 is 14.6 Å². The number of ether oxygens (including phenoxy) is 1. The third kappa shape index (κ3) is 2.90. The van der Waals surface area contributed by atoms with E-state index in [2.05, 4.69) is 5.32 Å². The van der Waals surface area contributed by atoms with Crippen molar-refractivity contribution in [2.75, 3.05) is 19.8 Å². The van der Waals surface area contributed by atoms with E-state index >= 15 is 0 Å². The van der Waals surface area contributed by atoms with E-state index < -0.39 is 11.5 Å². The van der Waals surface area contributed by atoms with Gasteiger partial charge in [-0.15, -0.1) is 0 Å². The van der Waals surface area contributed by atoms with Crippen LogP contribution in [0.1, 0.15) is 20.3 Å². The summed E-state index contributed by atoms with van der Waals surface area (Å²) in [6.45, 7) is 4.77. The molecule has 1 saturated heterocycles. The lowest BCUT2D eigenvalue weighted by Gasteiger charge is -2.25. The standard InChI is InChI=1S/C10H20N2O3/c1-7(13)3-4-12-9(14)10(2)6-15-5-8(10)11/h7-8,13H,3-6,11H2,1-2H3,(H,12,14). The van der Waals surface area contributed by atoms with Gasteiger partial charge in [-0.05, 0) is 20.3 Å². The summed E-state index contributed by atoms with van der Waals surface area (Å²) in [5, 5.41) is 11.8. The SMILES string of the molecule is CC(O)CCNC(=O)C1(C)COCC1N. The molecule has 15 heavy (non-hydrogen) atoms. The number of nitrogens with two attached hydrogens (primary N) is 1. The molecule has 1 heterocycles. The van der Waals surface area contributed by atoms with E-state index in [0.717, 1.165) is 0 Å². The minimum atomic E-state index is -0.626. The minimum absolute atomic E-state index is 0.0897. The van der Waals surface area contributed by atoms with Crippen LogP contribution in [0.3, 0.4) is 0 Å². The van der Waals surface area contributed by atoms with Gasteiger partial charge < -0.3 is 20.9 Å². The first-order valence-corrected chi connectivity index (χ1v) is 5.26. The summed E-state index contributed by atoms with van der Waals surface area (Å²) in [7, 11) is 0. The van der Waals surface area contributed by atoms with Gasteiger partial charge in [0, 0.05) is 12.6 Å². The van der Waals surface area contributed by atoms with Crippen molar-refractivity contribution in [2.45, 2.75) is 32.4 Å². The smallest absolute Gasteiger partial charge is 0.229 e. The van der Waals surface area contributed by atoms with Gasteiger partial charge in [0.05, 0.1) is 24.7 Å². The Morgan fingerprint density at radius 3 is 2.93 bits per heavy atom. The quantitative estimate of drug-likeness (QED) is 0.576. The van der Waals surface area contributed by atoms with E-state index in [1.54, 1.807) is 6.92 Å². The number of aliphatic hydroxyl groups excluding tert-OH is 1. The van der Waals surface area contributed by atoms with Crippen LogP contribution in [-0.4, -0.2) is 42.9 Å². The van der Waals surface area contributed by atoms with E-state index in [0.29, 0.717) is 26.2 Å². The summed E-state index contributed by atoms with van der Waals surface area (Å²) < 4.78 is 5.19. The molecule has 0 saturated carbocycles. The molecule has 0 bridgehead atoms. The number of rotatable bonds is 4. The van der Waals surface area contributed by atoms with Gasteiger partial charge in [0.1, 0.15) is 0 Å². The Morgan fingerprint density at radius 1 is 1.80 bits per heavy atom. The maximum atomic E-state index is 11.8. The minimum Gasteiger partial charge on any atom is -0.393 e. The predicted octanol–water partition coefficient (Wildman–Crippen LogP) is -0.763. The van der Waals surface area contributed by atoms with Crippen molar-refractivity contribution in [2.24, 2.45) is 11.1 Å². The van der Waals surface area contributed by atoms with E-state index in [9.17, 15) is 4.79 Å². The molecule has 0 aromatic rings. The lowest BCUT2D eigenvalue weighted by atomic mass is 9.85. The monoisotopic (exact) mass is 216 g/mol. The van der Waals surface area contributed by atoms with Crippen LogP contribution in [0, 0.1) is 5.41 Å². The highest BCUT2D eigenvalue weighted by atomic mass is 16.5. The molecule has 1 aliphatic heterocycles. The van der Waals surface area contributed by atoms with E-state index in [4.69, 9.17) is 15.6 Å². The number of nitrogens with one attached hydrogen (secondary N) is 1. The Morgan fingerprint density at radius 2 is 2.47 bits per heavy atom. The first kappa shape index (κ1) is 12.4. The molecule has 3 unspecified atom stereocenters. The molecule has 0 aromatic carbocycles. The number of carbonyl (C=O) groups is 1. The molecular weight excluding hydrogens is 196 g/mol. The number of amides is 1. The Hall–Kier alpha value is -0.650. The molecular formula is C10H20N2O3. The highest BCUT2D eigenvalue weighted by Gasteiger charge is 2.44. The second-order valence-corrected chi connectivity index (χ2v) is 4.43. The molecule has 0 aliphatic carbocycles. The van der Waals surface area contributed by atoms with Crippen LogP contribution in [0.5, 0.6) is 0 Å². The molecule has 1 fully saturated rings. The van der Waals surface area contributed by atoms with Gasteiger partial charge in [0.25, 0.3) is 0 Å². The zero-order chi connectivity index (χ0) is 11.5. The highest BCUT2D eigenvalue weighted by Crippen LogP contribution is 2.26. The Bertz CT molecular complexity index is 233. The average Bonchev–Trinajstić information content (AvgIpc) is 2.47. The van der Waals surface area contributed by atoms with Crippen LogP contribution in [0.2, 0.25) is 0 Å². The first-order valence-electron chi connectivity index (χ1n) is 5.26. The third-order valence-corrected chi connectivity index (χ3v) is 2.88. The van der Waals surface area contributed by atoms with Crippen molar-refractivity contribution in [3.8, 4) is 0 Å². The number of hydrogen-bond acceptors (Lipinski definition) is 4. The van der Waals surface area contributed by atoms with Crippen LogP contribution in [0.25, 0.3) is 0 Å². The van der Waals surface area contributed by atoms with Gasteiger partial charge in [0.2, 0.25) is 5.91 Å². The van der Waals surface area contributed by atoms with Crippen molar-refractivity contribution in [3.05, 3.63) is 0 Å². The lowest BCUT2D eigenvalue weighted by molar-refractivity contribution is -0.130. The Kier molecular flexibility index (Phi) is 4.07. The summed E-state index contributed by atoms with van der Waals surface area (Å²) >= 11 is 0. The third-order valence-electron chi connectivity index (χ3n) is 2.88. The summed E-state index contributed by atoms with van der Waals surface area (Å²) in [6, 6.07) is -0.246. The van der Waals surface area contributed by atoms with Crippen LogP contribution in [0.15, 0.2) is 0 Å². The van der Waals surface area contributed by atoms with Gasteiger partial charge in [-0.25, -0.2) is 0 Å². The molecule has 0 aromatic heterocycles. The van der Waals surface area contributed by atoms with Crippen LogP contribution >= 0.6 is 0 Å². The zero-order valence-corrected chi connectivity index (χ0v) is 9.32. The summed E-state index contributed by atoms with van der Waals surface area (Å²) in [5.74, 6) is -0.0897. The van der Waals surface area contributed by atoms with Crippen molar-refractivity contribution in [1.82, 2.24) is 5.32 Å². The normalized spacial score (nSPS) is 32.7. The molecule has 5 heteroatoms. The molecule has 5 nitrogen and oxygen atoms in total. The zero-order valence-electron chi connectivity index (χ0n) is 9.32. The van der Waals surface area contributed by atoms with E-state index in [-0.39, 0.29) is 11.9 Å². The molecule has 0 radical (unpaired) electrons. The van der Waals surface area contributed by atoms with Crippen LogP contribution in [0.4, 0.5) is 0 Å². The second kappa shape index (κ2) is 4.92. The van der Waals surface area contributed by atoms with Crippen molar-refractivity contribution in [3.63, 3.8) is 0 Å². The van der Waals surface area contributed by atoms with Gasteiger partial charge in [-0.2, -0.15) is 0 Å². The molecule has 88 valence electrons. The molecule has 1 aliphatic rings. The Balaban J connectivity index is 2.39. The number of hydrogen-bond donors (Lipinski definition) is 3. The summed E-state index contributed by atoms with van der Waals surface area (Å²) in [4.78, 5) is 11.8. The first-order chi connectivity index (χ1) is 6.97. The fraction of sp³-hybridized carbons (Fsp3) is 0.900. The Labute approximate surface area is 90.0 Å². The van der Waals surface area contributed by atoms with Crippen LogP contribution < -0.4 is 11.1 Å².